The van der Waals surface area contributed by atoms with Crippen LogP contribution in [0.4, 0.5) is 11.4 Å². The Bertz CT molecular complexity index is 1540. The van der Waals surface area contributed by atoms with E-state index in [-0.39, 0.29) is 17.1 Å². The number of carbonyl (C=O) groups is 2. The van der Waals surface area contributed by atoms with Gasteiger partial charge in [-0.15, -0.1) is 0 Å². The summed E-state index contributed by atoms with van der Waals surface area (Å²) in [6.07, 6.45) is 2.75. The molecule has 37 heavy (non-hydrogen) atoms. The summed E-state index contributed by atoms with van der Waals surface area (Å²) < 4.78 is 7.70. The third-order valence-electron chi connectivity index (χ3n) is 5.92. The lowest BCUT2D eigenvalue weighted by atomic mass is 10.1. The molecule has 0 spiro atoms. The van der Waals surface area contributed by atoms with Gasteiger partial charge in [0.1, 0.15) is 17.5 Å². The topological polar surface area (TPSA) is 120 Å². The first kappa shape index (κ1) is 23.5. The molecule has 2 amide bonds. The van der Waals surface area contributed by atoms with E-state index in [9.17, 15) is 19.7 Å². The summed E-state index contributed by atoms with van der Waals surface area (Å²) in [6, 6.07) is 20.9. The molecule has 2 aromatic carbocycles. The maximum absolute atomic E-state index is 12.9. The zero-order chi connectivity index (χ0) is 26.1. The molecule has 10 heteroatoms. The second kappa shape index (κ2) is 9.42. The fourth-order valence-corrected chi connectivity index (χ4v) is 4.13. The second-order valence-electron chi connectivity index (χ2n) is 8.34. The van der Waals surface area contributed by atoms with Crippen LogP contribution in [0.25, 0.3) is 11.8 Å². The summed E-state index contributed by atoms with van der Waals surface area (Å²) in [5.74, 6) is -0.115. The van der Waals surface area contributed by atoms with Crippen LogP contribution in [-0.4, -0.2) is 26.3 Å². The summed E-state index contributed by atoms with van der Waals surface area (Å²) in [6.45, 7) is 3.85. The van der Waals surface area contributed by atoms with Crippen molar-refractivity contribution in [1.82, 2.24) is 15.0 Å². The molecule has 1 saturated heterocycles. The van der Waals surface area contributed by atoms with Crippen molar-refractivity contribution in [2.24, 2.45) is 0 Å². The molecule has 5 rings (SSSR count). The van der Waals surface area contributed by atoms with E-state index in [1.807, 2.05) is 42.7 Å². The molecule has 4 aromatic rings. The van der Waals surface area contributed by atoms with Gasteiger partial charge in [-0.25, -0.2) is 9.99 Å². The first-order valence-electron chi connectivity index (χ1n) is 11.3. The van der Waals surface area contributed by atoms with Crippen LogP contribution in [-0.2, 0) is 9.59 Å². The maximum atomic E-state index is 12.9. The van der Waals surface area contributed by atoms with Gasteiger partial charge >= 0.3 is 0 Å². The van der Waals surface area contributed by atoms with E-state index < -0.39 is 16.7 Å². The first-order valence-corrected chi connectivity index (χ1v) is 11.3. The number of hydrogen-bond acceptors (Lipinski definition) is 6. The highest BCUT2D eigenvalue weighted by atomic mass is 16.6. The average molecular weight is 495 g/mol. The van der Waals surface area contributed by atoms with E-state index >= 15 is 0 Å². The van der Waals surface area contributed by atoms with Crippen molar-refractivity contribution < 1.29 is 19.2 Å². The summed E-state index contributed by atoms with van der Waals surface area (Å²) in [5.41, 5.74) is 6.53. The number of amides is 2. The molecule has 1 aliphatic rings. The fraction of sp³-hybridized carbons (Fsp3) is 0.0741. The number of nitrogens with one attached hydrogen (secondary N) is 1. The smallest absolute Gasteiger partial charge is 0.287 e. The SMILES string of the molecule is Cc1cc(C=C2C(=O)NN(c3ccccc3)C2=O)c(C)n1-c1ccc(Oc2ccc([N+](=O)[O-])cn2)cc1. The number of hydrazine groups is 1. The highest BCUT2D eigenvalue weighted by Gasteiger charge is 2.34. The minimum absolute atomic E-state index is 0.0587. The number of rotatable bonds is 6. The third-order valence-corrected chi connectivity index (χ3v) is 5.92. The number of para-hydroxylation sites is 1. The maximum Gasteiger partial charge on any atom is 0.287 e. The number of nitrogens with zero attached hydrogens (tertiary/aromatic N) is 4. The quantitative estimate of drug-likeness (QED) is 0.180. The number of carbonyl (C=O) groups excluding carboxylic acids is 2. The van der Waals surface area contributed by atoms with Gasteiger partial charge in [-0.05, 0) is 68.0 Å². The van der Waals surface area contributed by atoms with Crippen molar-refractivity contribution >= 4 is 29.3 Å². The van der Waals surface area contributed by atoms with Crippen LogP contribution < -0.4 is 15.2 Å². The van der Waals surface area contributed by atoms with Crippen molar-refractivity contribution in [3.05, 3.63) is 112 Å². The van der Waals surface area contributed by atoms with Gasteiger partial charge in [0, 0.05) is 29.2 Å². The molecule has 1 fully saturated rings. The van der Waals surface area contributed by atoms with Crippen molar-refractivity contribution in [1.29, 1.82) is 0 Å². The Labute approximate surface area is 211 Å². The lowest BCUT2D eigenvalue weighted by Gasteiger charge is -2.13. The summed E-state index contributed by atoms with van der Waals surface area (Å²) >= 11 is 0. The average Bonchev–Trinajstić information content (AvgIpc) is 3.34. The van der Waals surface area contributed by atoms with E-state index in [0.29, 0.717) is 11.4 Å². The first-order chi connectivity index (χ1) is 17.8. The number of aromatic nitrogens is 2. The highest BCUT2D eigenvalue weighted by Crippen LogP contribution is 2.28. The molecule has 0 unspecified atom stereocenters. The van der Waals surface area contributed by atoms with E-state index in [1.165, 1.54) is 17.1 Å². The van der Waals surface area contributed by atoms with Gasteiger partial charge in [0.15, 0.2) is 0 Å². The molecule has 184 valence electrons. The molecule has 0 atom stereocenters. The Balaban J connectivity index is 1.37. The zero-order valence-corrected chi connectivity index (χ0v) is 19.9. The van der Waals surface area contributed by atoms with Gasteiger partial charge in [0.2, 0.25) is 5.88 Å². The van der Waals surface area contributed by atoms with E-state index in [2.05, 4.69) is 10.4 Å². The van der Waals surface area contributed by atoms with Crippen LogP contribution in [0.15, 0.2) is 84.6 Å². The van der Waals surface area contributed by atoms with Gasteiger partial charge in [0.25, 0.3) is 17.5 Å². The van der Waals surface area contributed by atoms with Crippen LogP contribution in [0, 0.1) is 24.0 Å². The Morgan fingerprint density at radius 2 is 1.70 bits per heavy atom. The monoisotopic (exact) mass is 495 g/mol. The zero-order valence-electron chi connectivity index (χ0n) is 19.9. The molecule has 1 aliphatic heterocycles. The van der Waals surface area contributed by atoms with Crippen molar-refractivity contribution in [3.63, 3.8) is 0 Å². The van der Waals surface area contributed by atoms with Crippen LogP contribution in [0.2, 0.25) is 0 Å². The van der Waals surface area contributed by atoms with E-state index in [1.54, 1.807) is 42.5 Å². The standard InChI is InChI=1S/C27H21N5O5/c1-17-14-19(15-24-26(33)29-31(27(24)34)21-6-4-3-5-7-21)18(2)30(17)20-8-11-23(12-9-20)37-25-13-10-22(16-28-25)32(35)36/h3-16H,1-2H3,(H,29,33). The minimum atomic E-state index is -0.522. The molecule has 2 aromatic heterocycles. The Kier molecular flexibility index (Phi) is 5.98. The summed E-state index contributed by atoms with van der Waals surface area (Å²) in [7, 11) is 0. The highest BCUT2D eigenvalue weighted by molar-refractivity contribution is 6.31. The number of aryl methyl sites for hydroxylation is 1. The lowest BCUT2D eigenvalue weighted by molar-refractivity contribution is -0.385. The summed E-state index contributed by atoms with van der Waals surface area (Å²) in [4.78, 5) is 39.7. The molecule has 0 radical (unpaired) electrons. The molecule has 0 saturated carbocycles. The second-order valence-corrected chi connectivity index (χ2v) is 8.34. The molecule has 3 heterocycles. The molecule has 0 bridgehead atoms. The molecule has 1 N–H and O–H groups in total. The molecule has 0 aliphatic carbocycles. The minimum Gasteiger partial charge on any atom is -0.439 e. The Morgan fingerprint density at radius 1 is 0.973 bits per heavy atom. The number of pyridine rings is 1. The number of benzene rings is 2. The Morgan fingerprint density at radius 3 is 2.35 bits per heavy atom. The molecular weight excluding hydrogens is 474 g/mol. The van der Waals surface area contributed by atoms with Gasteiger partial charge < -0.3 is 9.30 Å². The van der Waals surface area contributed by atoms with Gasteiger partial charge in [-0.3, -0.25) is 25.1 Å². The fourth-order valence-electron chi connectivity index (χ4n) is 4.13. The van der Waals surface area contributed by atoms with Crippen molar-refractivity contribution in [2.75, 3.05) is 5.01 Å². The number of ether oxygens (including phenoxy) is 1. The van der Waals surface area contributed by atoms with Crippen LogP contribution in [0.3, 0.4) is 0 Å². The predicted octanol–water partition coefficient (Wildman–Crippen LogP) is 4.65. The number of anilines is 1. The van der Waals surface area contributed by atoms with Crippen LogP contribution in [0.5, 0.6) is 11.6 Å². The van der Waals surface area contributed by atoms with Crippen molar-refractivity contribution in [2.45, 2.75) is 13.8 Å². The third kappa shape index (κ3) is 4.55. The van der Waals surface area contributed by atoms with Gasteiger partial charge in [0.05, 0.1) is 10.6 Å². The predicted molar refractivity (Wildman–Crippen MR) is 136 cm³/mol. The normalized spacial score (nSPS) is 14.2. The number of hydrogen-bond donors (Lipinski definition) is 1. The van der Waals surface area contributed by atoms with E-state index in [0.717, 1.165) is 28.8 Å². The van der Waals surface area contributed by atoms with Gasteiger partial charge in [-0.1, -0.05) is 18.2 Å². The Hall–Kier alpha value is -5.25. The van der Waals surface area contributed by atoms with Crippen LogP contribution >= 0.6 is 0 Å². The van der Waals surface area contributed by atoms with Crippen LogP contribution in [0.1, 0.15) is 17.0 Å². The van der Waals surface area contributed by atoms with Crippen molar-refractivity contribution in [3.8, 4) is 17.3 Å². The largest absolute Gasteiger partial charge is 0.439 e. The molecule has 10 nitrogen and oxygen atoms in total. The number of nitro groups is 1. The van der Waals surface area contributed by atoms with Gasteiger partial charge in [-0.2, -0.15) is 0 Å². The lowest BCUT2D eigenvalue weighted by Crippen LogP contribution is -2.35. The van der Waals surface area contributed by atoms with E-state index in [4.69, 9.17) is 4.74 Å². The molecular formula is C27H21N5O5. The summed E-state index contributed by atoms with van der Waals surface area (Å²) in [5, 5.41) is 12.0.